The van der Waals surface area contributed by atoms with Crippen LogP contribution in [0.4, 0.5) is 8.78 Å². The number of hydrogen-bond acceptors (Lipinski definition) is 1. The fourth-order valence-corrected chi connectivity index (χ4v) is 1.41. The first-order valence-electron chi connectivity index (χ1n) is 4.18. The molecule has 72 valence electrons. The van der Waals surface area contributed by atoms with Crippen LogP contribution in [0.2, 0.25) is 0 Å². The van der Waals surface area contributed by atoms with Gasteiger partial charge < -0.3 is 4.42 Å². The minimum Gasteiger partial charge on any atom is -0.461 e. The second kappa shape index (κ2) is 3.25. The molecule has 1 heterocycles. The van der Waals surface area contributed by atoms with Crippen LogP contribution in [0.5, 0.6) is 0 Å². The summed E-state index contributed by atoms with van der Waals surface area (Å²) in [7, 11) is 0. The van der Waals surface area contributed by atoms with Crippen molar-refractivity contribution in [2.75, 3.05) is 0 Å². The fourth-order valence-electron chi connectivity index (χ4n) is 1.41. The first kappa shape index (κ1) is 8.94. The molecule has 14 heavy (non-hydrogen) atoms. The monoisotopic (exact) mass is 194 g/mol. The van der Waals surface area contributed by atoms with E-state index in [-0.39, 0.29) is 0 Å². The molecule has 0 amide bonds. The van der Waals surface area contributed by atoms with Crippen LogP contribution in [0.3, 0.4) is 0 Å². The molecule has 0 saturated heterocycles. The molecule has 0 aliphatic carbocycles. The average molecular weight is 194 g/mol. The Morgan fingerprint density at radius 1 is 1.29 bits per heavy atom. The van der Waals surface area contributed by atoms with E-state index in [2.05, 4.69) is 0 Å². The topological polar surface area (TPSA) is 13.1 Å². The lowest BCUT2D eigenvalue weighted by Gasteiger charge is -1.91. The van der Waals surface area contributed by atoms with Crippen molar-refractivity contribution < 1.29 is 13.2 Å². The molecule has 1 nitrogen and oxygen atoms in total. The lowest BCUT2D eigenvalue weighted by Crippen LogP contribution is -1.71. The molecule has 0 atom stereocenters. The van der Waals surface area contributed by atoms with Crippen molar-refractivity contribution >= 4 is 17.0 Å². The summed E-state index contributed by atoms with van der Waals surface area (Å²) in [5.41, 5.74) is 1.21. The second-order valence-electron chi connectivity index (χ2n) is 3.09. The number of aryl methyl sites for hydroxylation is 1. The van der Waals surface area contributed by atoms with Gasteiger partial charge in [-0.25, -0.2) is 0 Å². The van der Waals surface area contributed by atoms with Crippen molar-refractivity contribution in [3.05, 3.63) is 41.7 Å². The van der Waals surface area contributed by atoms with Crippen LogP contribution in [0.15, 0.2) is 34.8 Å². The van der Waals surface area contributed by atoms with E-state index in [1.807, 2.05) is 13.0 Å². The third-order valence-corrected chi connectivity index (χ3v) is 1.94. The van der Waals surface area contributed by atoms with Crippen LogP contribution in [0, 0.1) is 6.92 Å². The van der Waals surface area contributed by atoms with E-state index in [0.717, 1.165) is 22.8 Å². The highest BCUT2D eigenvalue weighted by molar-refractivity contribution is 5.80. The predicted molar refractivity (Wildman–Crippen MR) is 51.1 cm³/mol. The normalized spacial score (nSPS) is 10.5. The van der Waals surface area contributed by atoms with Gasteiger partial charge in [0.2, 0.25) is 0 Å². The lowest BCUT2D eigenvalue weighted by molar-refractivity contribution is 0.429. The summed E-state index contributed by atoms with van der Waals surface area (Å²) in [6.07, 6.45) is -0.855. The van der Waals surface area contributed by atoms with E-state index in [1.165, 1.54) is 0 Å². The number of fused-ring (bicyclic) bond motifs is 1. The number of benzene rings is 1. The fraction of sp³-hybridized carbons (Fsp3) is 0.0909. The Balaban J connectivity index is 2.56. The van der Waals surface area contributed by atoms with Crippen LogP contribution in [0.25, 0.3) is 17.0 Å². The van der Waals surface area contributed by atoms with Crippen molar-refractivity contribution in [1.29, 1.82) is 0 Å². The molecule has 0 fully saturated rings. The van der Waals surface area contributed by atoms with Crippen LogP contribution in [0.1, 0.15) is 11.3 Å². The van der Waals surface area contributed by atoms with E-state index in [0.29, 0.717) is 5.56 Å². The van der Waals surface area contributed by atoms with Gasteiger partial charge in [-0.3, -0.25) is 0 Å². The van der Waals surface area contributed by atoms with Gasteiger partial charge in [-0.1, -0.05) is 6.07 Å². The Bertz CT molecular complexity index is 493. The molecule has 0 aliphatic heterocycles. The van der Waals surface area contributed by atoms with Gasteiger partial charge in [0.15, 0.2) is 0 Å². The number of halogens is 2. The molecule has 1 aromatic heterocycles. The van der Waals surface area contributed by atoms with Gasteiger partial charge in [-0.15, -0.1) is 0 Å². The standard InChI is InChI=1S/C11H8F2O/c1-7-4-9-5-8(6-11(12)13)2-3-10(9)14-7/h2-6H,1H3. The third-order valence-electron chi connectivity index (χ3n) is 1.94. The SMILES string of the molecule is Cc1cc2cc(C=C(F)F)ccc2o1. The molecule has 0 aliphatic rings. The van der Waals surface area contributed by atoms with Crippen molar-refractivity contribution in [3.63, 3.8) is 0 Å². The van der Waals surface area contributed by atoms with E-state index in [9.17, 15) is 8.78 Å². The molecular formula is C11H8F2O. The summed E-state index contributed by atoms with van der Waals surface area (Å²) in [5, 5.41) is 0.845. The molecule has 1 aromatic carbocycles. The van der Waals surface area contributed by atoms with Crippen molar-refractivity contribution in [1.82, 2.24) is 0 Å². The molecule has 3 heteroatoms. The number of furan rings is 1. The Labute approximate surface area is 79.6 Å². The Morgan fingerprint density at radius 3 is 2.79 bits per heavy atom. The largest absolute Gasteiger partial charge is 0.461 e. The molecule has 0 spiro atoms. The summed E-state index contributed by atoms with van der Waals surface area (Å²) in [5.74, 6) is 0.779. The van der Waals surface area contributed by atoms with Crippen molar-refractivity contribution in [2.24, 2.45) is 0 Å². The van der Waals surface area contributed by atoms with Crippen LogP contribution in [-0.4, -0.2) is 0 Å². The molecule has 0 bridgehead atoms. The quantitative estimate of drug-likeness (QED) is 0.669. The zero-order valence-corrected chi connectivity index (χ0v) is 7.55. The summed E-state index contributed by atoms with van der Waals surface area (Å²) >= 11 is 0. The number of rotatable bonds is 1. The van der Waals surface area contributed by atoms with Gasteiger partial charge in [-0.2, -0.15) is 8.78 Å². The van der Waals surface area contributed by atoms with E-state index in [4.69, 9.17) is 4.42 Å². The highest BCUT2D eigenvalue weighted by Crippen LogP contribution is 2.21. The van der Waals surface area contributed by atoms with Gasteiger partial charge in [0.1, 0.15) is 11.3 Å². The smallest absolute Gasteiger partial charge is 0.270 e. The molecule has 2 aromatic rings. The first-order chi connectivity index (χ1) is 6.65. The maximum atomic E-state index is 12.0. The highest BCUT2D eigenvalue weighted by Gasteiger charge is 2.00. The van der Waals surface area contributed by atoms with E-state index in [1.54, 1.807) is 18.2 Å². The second-order valence-corrected chi connectivity index (χ2v) is 3.09. The Morgan fingerprint density at radius 2 is 2.07 bits per heavy atom. The van der Waals surface area contributed by atoms with Crippen LogP contribution < -0.4 is 0 Å². The molecule has 0 N–H and O–H groups in total. The maximum absolute atomic E-state index is 12.0. The highest BCUT2D eigenvalue weighted by atomic mass is 19.3. The first-order valence-corrected chi connectivity index (χ1v) is 4.18. The third kappa shape index (κ3) is 1.66. The zero-order chi connectivity index (χ0) is 10.1. The van der Waals surface area contributed by atoms with Crippen LogP contribution in [-0.2, 0) is 0 Å². The molecule has 0 radical (unpaired) electrons. The Hall–Kier alpha value is -1.64. The zero-order valence-electron chi connectivity index (χ0n) is 7.55. The van der Waals surface area contributed by atoms with E-state index < -0.39 is 6.08 Å². The average Bonchev–Trinajstić information content (AvgIpc) is 2.42. The molecular weight excluding hydrogens is 186 g/mol. The van der Waals surface area contributed by atoms with Crippen LogP contribution >= 0.6 is 0 Å². The maximum Gasteiger partial charge on any atom is 0.270 e. The minimum absolute atomic E-state index is 0.485. The summed E-state index contributed by atoms with van der Waals surface area (Å²) in [4.78, 5) is 0. The van der Waals surface area contributed by atoms with Gasteiger partial charge >= 0.3 is 0 Å². The lowest BCUT2D eigenvalue weighted by atomic mass is 10.1. The van der Waals surface area contributed by atoms with E-state index >= 15 is 0 Å². The van der Waals surface area contributed by atoms with Crippen molar-refractivity contribution in [2.45, 2.75) is 6.92 Å². The number of hydrogen-bond donors (Lipinski definition) is 0. The van der Waals surface area contributed by atoms with Crippen molar-refractivity contribution in [3.8, 4) is 0 Å². The Kier molecular flexibility index (Phi) is 2.08. The summed E-state index contributed by atoms with van der Waals surface area (Å²) in [6, 6.07) is 6.79. The summed E-state index contributed by atoms with van der Waals surface area (Å²) < 4.78 is 29.2. The summed E-state index contributed by atoms with van der Waals surface area (Å²) in [6.45, 7) is 1.82. The van der Waals surface area contributed by atoms with Gasteiger partial charge in [0, 0.05) is 11.5 Å². The predicted octanol–water partition coefficient (Wildman–Crippen LogP) is 3.98. The molecule has 0 saturated carbocycles. The van der Waals surface area contributed by atoms with Gasteiger partial charge in [0.25, 0.3) is 6.08 Å². The van der Waals surface area contributed by atoms with Gasteiger partial charge in [0.05, 0.1) is 0 Å². The molecule has 2 rings (SSSR count). The minimum atomic E-state index is -1.69. The van der Waals surface area contributed by atoms with Gasteiger partial charge in [-0.05, 0) is 30.7 Å². The molecule has 0 unspecified atom stereocenters.